The lowest BCUT2D eigenvalue weighted by molar-refractivity contribution is -0.117. The smallest absolute Gasteiger partial charge is 0.252 e. The minimum Gasteiger partial charge on any atom is -0.486 e. The molecule has 1 aromatic carbocycles. The van der Waals surface area contributed by atoms with Crippen molar-refractivity contribution < 1.29 is 18.7 Å². The van der Waals surface area contributed by atoms with Crippen LogP contribution in [0.3, 0.4) is 0 Å². The van der Waals surface area contributed by atoms with Crippen molar-refractivity contribution in [2.75, 3.05) is 56.2 Å². The number of likely N-dealkylation sites (tertiary alicyclic amines) is 1. The number of anilines is 2. The number of ether oxygens (including phenoxy) is 2. The first-order chi connectivity index (χ1) is 17.1. The van der Waals surface area contributed by atoms with Crippen LogP contribution in [-0.4, -0.2) is 67.4 Å². The number of rotatable bonds is 5. The molecule has 12 heteroatoms. The number of aromatic nitrogens is 1. The Morgan fingerprint density at radius 1 is 1.00 bits per heavy atom. The zero-order valence-electron chi connectivity index (χ0n) is 20.4. The lowest BCUT2D eigenvalue weighted by Gasteiger charge is -2.42. The van der Waals surface area contributed by atoms with Crippen molar-refractivity contribution in [3.8, 4) is 11.5 Å². The van der Waals surface area contributed by atoms with E-state index in [9.17, 15) is 14.0 Å². The average Bonchev–Trinajstić information content (AvgIpc) is 2.87. The first-order valence-electron chi connectivity index (χ1n) is 12.4. The highest BCUT2D eigenvalue weighted by atomic mass is 35.5. The predicted molar refractivity (Wildman–Crippen MR) is 143 cm³/mol. The number of halogens is 3. The van der Waals surface area contributed by atoms with E-state index in [-0.39, 0.29) is 54.7 Å². The topological polar surface area (TPSA) is 88.1 Å². The average molecular weight is 556 g/mol. The Labute approximate surface area is 227 Å². The summed E-state index contributed by atoms with van der Waals surface area (Å²) in [5.74, 6) is 1.51. The molecule has 0 unspecified atom stereocenters. The molecule has 0 radical (unpaired) electrons. The van der Waals surface area contributed by atoms with Crippen LogP contribution in [0, 0.1) is 5.82 Å². The van der Waals surface area contributed by atoms with E-state index in [1.165, 1.54) is 6.07 Å². The summed E-state index contributed by atoms with van der Waals surface area (Å²) in [5.41, 5.74) is 1.37. The second kappa shape index (κ2) is 11.5. The van der Waals surface area contributed by atoms with Gasteiger partial charge in [-0.05, 0) is 44.5 Å². The molecule has 0 aliphatic carbocycles. The monoisotopic (exact) mass is 555 g/mol. The van der Waals surface area contributed by atoms with Crippen LogP contribution in [0.15, 0.2) is 29.1 Å². The third-order valence-corrected chi connectivity index (χ3v) is 7.49. The fourth-order valence-corrected chi connectivity index (χ4v) is 5.62. The molecule has 0 bridgehead atoms. The zero-order valence-corrected chi connectivity index (χ0v) is 22.0. The van der Waals surface area contributed by atoms with Gasteiger partial charge in [0.1, 0.15) is 24.8 Å². The van der Waals surface area contributed by atoms with E-state index in [0.717, 1.165) is 44.6 Å². The van der Waals surface area contributed by atoms with Gasteiger partial charge in [0.15, 0.2) is 11.5 Å². The molecular weight excluding hydrogens is 524 g/mol. The van der Waals surface area contributed by atoms with Gasteiger partial charge in [0.05, 0.1) is 18.3 Å². The zero-order chi connectivity index (χ0) is 23.9. The minimum atomic E-state index is -0.282. The summed E-state index contributed by atoms with van der Waals surface area (Å²) < 4.78 is 27.3. The molecule has 2 N–H and O–H groups in total. The summed E-state index contributed by atoms with van der Waals surface area (Å²) in [6.45, 7) is 4.87. The van der Waals surface area contributed by atoms with Crippen LogP contribution in [0.2, 0.25) is 0 Å². The molecule has 6 rings (SSSR count). The maximum absolute atomic E-state index is 14.5. The van der Waals surface area contributed by atoms with Gasteiger partial charge in [0.25, 0.3) is 5.56 Å². The number of carbonyl (C=O) groups excluding carboxylic acids is 1. The Balaban J connectivity index is 0.00000160. The van der Waals surface area contributed by atoms with Crippen LogP contribution in [0.25, 0.3) is 0 Å². The summed E-state index contributed by atoms with van der Waals surface area (Å²) in [6, 6.07) is 6.85. The Kier molecular flexibility index (Phi) is 8.52. The van der Waals surface area contributed by atoms with Crippen molar-refractivity contribution in [2.24, 2.45) is 0 Å². The Morgan fingerprint density at radius 3 is 2.49 bits per heavy atom. The number of amides is 1. The standard InChI is InChI=1S/C25H30FN5O4.2ClH/c26-19-12-22-21(34-9-10-35-22)11-16(19)13-27-17-3-6-29(7-4-17)15-18-5-8-30-24(33)14-28-20-1-2-23(32)31(18)25(20)30;;/h1-2,11-12,17-18,27-28H,3-10,13-15H2;2*1H/t18-;;/m0../s1. The molecule has 0 spiro atoms. The Morgan fingerprint density at radius 2 is 1.73 bits per heavy atom. The first-order valence-corrected chi connectivity index (χ1v) is 12.4. The van der Waals surface area contributed by atoms with Crippen molar-refractivity contribution >= 4 is 42.2 Å². The van der Waals surface area contributed by atoms with Crippen molar-refractivity contribution in [2.45, 2.75) is 37.9 Å². The second-order valence-corrected chi connectivity index (χ2v) is 9.66. The van der Waals surface area contributed by atoms with Crippen LogP contribution < -0.4 is 30.6 Å². The van der Waals surface area contributed by atoms with Crippen molar-refractivity contribution in [3.05, 3.63) is 46.0 Å². The first kappa shape index (κ1) is 27.5. The van der Waals surface area contributed by atoms with E-state index in [4.69, 9.17) is 9.47 Å². The van der Waals surface area contributed by atoms with Gasteiger partial charge in [-0.2, -0.15) is 0 Å². The number of carbonyl (C=O) groups is 1. The molecule has 1 atom stereocenters. The number of benzene rings is 1. The predicted octanol–water partition coefficient (Wildman–Crippen LogP) is 2.56. The molecule has 37 heavy (non-hydrogen) atoms. The summed E-state index contributed by atoms with van der Waals surface area (Å²) in [6.07, 6.45) is 2.67. The molecule has 1 fully saturated rings. The maximum Gasteiger partial charge on any atom is 0.252 e. The fourth-order valence-electron chi connectivity index (χ4n) is 5.62. The van der Waals surface area contributed by atoms with Gasteiger partial charge in [-0.3, -0.25) is 19.1 Å². The molecule has 2 aromatic rings. The summed E-state index contributed by atoms with van der Waals surface area (Å²) in [7, 11) is 0. The third-order valence-electron chi connectivity index (χ3n) is 7.49. The summed E-state index contributed by atoms with van der Waals surface area (Å²) in [5, 5.41) is 6.64. The number of nitrogens with zero attached hydrogens (tertiary/aromatic N) is 3. The highest BCUT2D eigenvalue weighted by Crippen LogP contribution is 2.36. The normalized spacial score (nSPS) is 20.8. The summed E-state index contributed by atoms with van der Waals surface area (Å²) >= 11 is 0. The number of fused-ring (bicyclic) bond motifs is 1. The van der Waals surface area contributed by atoms with E-state index in [1.54, 1.807) is 27.7 Å². The third kappa shape index (κ3) is 5.38. The number of hydrogen-bond donors (Lipinski definition) is 2. The van der Waals surface area contributed by atoms with Gasteiger partial charge >= 0.3 is 0 Å². The molecule has 4 aliphatic rings. The molecule has 9 nitrogen and oxygen atoms in total. The lowest BCUT2D eigenvalue weighted by Crippen LogP contribution is -2.51. The SMILES string of the molecule is Cl.Cl.O=C1CNc2ccc(=O)n3c2N1CC[C@H]3CN1CCC(NCc2cc3c(cc2F)OCCO3)CC1. The van der Waals surface area contributed by atoms with Gasteiger partial charge in [-0.25, -0.2) is 4.39 Å². The van der Waals surface area contributed by atoms with Gasteiger partial charge in [0.2, 0.25) is 5.91 Å². The molecular formula is C25H32Cl2FN5O4. The van der Waals surface area contributed by atoms with Crippen molar-refractivity contribution in [1.29, 1.82) is 0 Å². The van der Waals surface area contributed by atoms with Crippen molar-refractivity contribution in [3.63, 3.8) is 0 Å². The molecule has 1 aromatic heterocycles. The largest absolute Gasteiger partial charge is 0.486 e. The highest BCUT2D eigenvalue weighted by molar-refractivity contribution is 6.01. The van der Waals surface area contributed by atoms with E-state index < -0.39 is 0 Å². The van der Waals surface area contributed by atoms with Crippen LogP contribution in [0.5, 0.6) is 11.5 Å². The number of nitrogens with one attached hydrogen (secondary N) is 2. The van der Waals surface area contributed by atoms with Crippen LogP contribution in [0.4, 0.5) is 15.9 Å². The van der Waals surface area contributed by atoms with Crippen LogP contribution in [-0.2, 0) is 11.3 Å². The fraction of sp³-hybridized carbons (Fsp3) is 0.520. The number of pyridine rings is 1. The van der Waals surface area contributed by atoms with E-state index in [2.05, 4.69) is 15.5 Å². The molecule has 0 saturated carbocycles. The Bertz CT molecular complexity index is 1200. The molecule has 5 heterocycles. The van der Waals surface area contributed by atoms with Crippen molar-refractivity contribution in [1.82, 2.24) is 14.8 Å². The summed E-state index contributed by atoms with van der Waals surface area (Å²) in [4.78, 5) is 29.3. The number of piperidine rings is 1. The second-order valence-electron chi connectivity index (χ2n) is 9.66. The van der Waals surface area contributed by atoms with E-state index >= 15 is 0 Å². The van der Waals surface area contributed by atoms with Gasteiger partial charge in [0, 0.05) is 43.4 Å². The van der Waals surface area contributed by atoms with E-state index in [1.807, 2.05) is 0 Å². The van der Waals surface area contributed by atoms with Gasteiger partial charge in [-0.15, -0.1) is 24.8 Å². The van der Waals surface area contributed by atoms with E-state index in [0.29, 0.717) is 55.2 Å². The number of hydrogen-bond acceptors (Lipinski definition) is 7. The molecule has 4 aliphatic heterocycles. The van der Waals surface area contributed by atoms with Gasteiger partial charge in [-0.1, -0.05) is 0 Å². The van der Waals surface area contributed by atoms with Gasteiger partial charge < -0.3 is 25.0 Å². The lowest BCUT2D eigenvalue weighted by atomic mass is 10.0. The molecule has 1 amide bonds. The quantitative estimate of drug-likeness (QED) is 0.586. The highest BCUT2D eigenvalue weighted by Gasteiger charge is 2.35. The maximum atomic E-state index is 14.5. The minimum absolute atomic E-state index is 0. The molecule has 202 valence electrons. The molecule has 1 saturated heterocycles. The van der Waals surface area contributed by atoms with Crippen LogP contribution in [0.1, 0.15) is 30.9 Å². The Hall–Kier alpha value is -2.53. The van der Waals surface area contributed by atoms with Crippen LogP contribution >= 0.6 is 24.8 Å².